The number of pyridine rings is 1. The van der Waals surface area contributed by atoms with Crippen molar-refractivity contribution in [1.29, 1.82) is 0 Å². The highest BCUT2D eigenvalue weighted by Crippen LogP contribution is 2.24. The summed E-state index contributed by atoms with van der Waals surface area (Å²) in [5.41, 5.74) is 0.915. The van der Waals surface area contributed by atoms with Crippen LogP contribution >= 0.6 is 0 Å². The predicted octanol–water partition coefficient (Wildman–Crippen LogP) is 2.76. The van der Waals surface area contributed by atoms with Gasteiger partial charge in [-0.2, -0.15) is 4.31 Å². The van der Waals surface area contributed by atoms with Crippen LogP contribution in [0.25, 0.3) is 0 Å². The summed E-state index contributed by atoms with van der Waals surface area (Å²) in [5, 5.41) is 0. The van der Waals surface area contributed by atoms with Crippen molar-refractivity contribution >= 4 is 10.0 Å². The van der Waals surface area contributed by atoms with Crippen LogP contribution in [0, 0.1) is 12.7 Å². The SMILES string of the molecule is Cc1ccc(OC2CCN(S(=O)(=O)c3cccc(F)c3)CC2)cn1. The van der Waals surface area contributed by atoms with Crippen LogP contribution in [0.5, 0.6) is 5.75 Å². The molecule has 0 atom stereocenters. The average molecular weight is 350 g/mol. The number of benzene rings is 1. The third kappa shape index (κ3) is 3.73. The Morgan fingerprint density at radius 3 is 2.58 bits per heavy atom. The zero-order chi connectivity index (χ0) is 17.2. The second-order valence-electron chi connectivity index (χ2n) is 5.81. The first-order valence-corrected chi connectivity index (χ1v) is 9.24. The second-order valence-corrected chi connectivity index (χ2v) is 7.75. The van der Waals surface area contributed by atoms with E-state index >= 15 is 0 Å². The van der Waals surface area contributed by atoms with Gasteiger partial charge in [-0.25, -0.2) is 12.8 Å². The molecule has 0 saturated carbocycles. The van der Waals surface area contributed by atoms with Gasteiger partial charge >= 0.3 is 0 Å². The monoisotopic (exact) mass is 350 g/mol. The molecule has 5 nitrogen and oxygen atoms in total. The van der Waals surface area contributed by atoms with Gasteiger partial charge in [0, 0.05) is 18.8 Å². The van der Waals surface area contributed by atoms with Crippen LogP contribution in [0.2, 0.25) is 0 Å². The number of hydrogen-bond acceptors (Lipinski definition) is 4. The first-order valence-electron chi connectivity index (χ1n) is 7.80. The van der Waals surface area contributed by atoms with Gasteiger partial charge in [-0.1, -0.05) is 6.07 Å². The molecule has 128 valence electrons. The number of halogens is 1. The van der Waals surface area contributed by atoms with Crippen LogP contribution in [0.15, 0.2) is 47.5 Å². The highest BCUT2D eigenvalue weighted by molar-refractivity contribution is 7.89. The van der Waals surface area contributed by atoms with E-state index in [-0.39, 0.29) is 11.0 Å². The van der Waals surface area contributed by atoms with Gasteiger partial charge in [0.25, 0.3) is 0 Å². The third-order valence-electron chi connectivity index (χ3n) is 4.02. The third-order valence-corrected chi connectivity index (χ3v) is 5.92. The van der Waals surface area contributed by atoms with E-state index in [1.54, 1.807) is 6.20 Å². The summed E-state index contributed by atoms with van der Waals surface area (Å²) < 4.78 is 45.6. The Bertz CT molecular complexity index is 801. The Morgan fingerprint density at radius 1 is 1.21 bits per heavy atom. The maximum absolute atomic E-state index is 13.3. The lowest BCUT2D eigenvalue weighted by atomic mass is 10.1. The number of aryl methyl sites for hydroxylation is 1. The lowest BCUT2D eigenvalue weighted by molar-refractivity contribution is 0.134. The summed E-state index contributed by atoms with van der Waals surface area (Å²) in [5.74, 6) is 0.133. The van der Waals surface area contributed by atoms with Crippen molar-refractivity contribution in [3.63, 3.8) is 0 Å². The number of ether oxygens (including phenoxy) is 1. The number of piperidine rings is 1. The Hall–Kier alpha value is -1.99. The van der Waals surface area contributed by atoms with Crippen molar-refractivity contribution < 1.29 is 17.5 Å². The summed E-state index contributed by atoms with van der Waals surface area (Å²) in [7, 11) is -3.66. The van der Waals surface area contributed by atoms with E-state index < -0.39 is 15.8 Å². The van der Waals surface area contributed by atoms with Crippen LogP contribution < -0.4 is 4.74 Å². The van der Waals surface area contributed by atoms with Crippen LogP contribution in [-0.4, -0.2) is 36.9 Å². The molecule has 3 rings (SSSR count). The van der Waals surface area contributed by atoms with Crippen molar-refractivity contribution in [2.75, 3.05) is 13.1 Å². The fourth-order valence-electron chi connectivity index (χ4n) is 2.68. The number of aromatic nitrogens is 1. The highest BCUT2D eigenvalue weighted by atomic mass is 32.2. The molecule has 7 heteroatoms. The van der Waals surface area contributed by atoms with Crippen molar-refractivity contribution in [2.45, 2.75) is 30.8 Å². The van der Waals surface area contributed by atoms with Crippen LogP contribution in [0.4, 0.5) is 4.39 Å². The molecular weight excluding hydrogens is 331 g/mol. The number of rotatable bonds is 4. The minimum atomic E-state index is -3.66. The molecule has 0 bridgehead atoms. The zero-order valence-electron chi connectivity index (χ0n) is 13.4. The summed E-state index contributed by atoms with van der Waals surface area (Å²) >= 11 is 0. The molecule has 1 aliphatic heterocycles. The minimum Gasteiger partial charge on any atom is -0.489 e. The van der Waals surface area contributed by atoms with E-state index in [1.165, 1.54) is 22.5 Å². The number of hydrogen-bond donors (Lipinski definition) is 0. The smallest absolute Gasteiger partial charge is 0.243 e. The fraction of sp³-hybridized carbons (Fsp3) is 0.353. The quantitative estimate of drug-likeness (QED) is 0.851. The molecule has 2 heterocycles. The van der Waals surface area contributed by atoms with Crippen molar-refractivity contribution in [2.24, 2.45) is 0 Å². The van der Waals surface area contributed by atoms with Gasteiger partial charge in [-0.3, -0.25) is 4.98 Å². The van der Waals surface area contributed by atoms with E-state index in [2.05, 4.69) is 4.98 Å². The molecule has 1 saturated heterocycles. The van der Waals surface area contributed by atoms with E-state index in [4.69, 9.17) is 4.74 Å². The van der Waals surface area contributed by atoms with Gasteiger partial charge in [0.2, 0.25) is 10.0 Å². The van der Waals surface area contributed by atoms with Crippen LogP contribution in [0.3, 0.4) is 0 Å². The molecule has 0 spiro atoms. The first kappa shape index (κ1) is 16.9. The summed E-state index contributed by atoms with van der Waals surface area (Å²) in [4.78, 5) is 4.17. The van der Waals surface area contributed by atoms with Crippen LogP contribution in [-0.2, 0) is 10.0 Å². The topological polar surface area (TPSA) is 59.5 Å². The summed E-state index contributed by atoms with van der Waals surface area (Å²) in [6.45, 7) is 2.60. The largest absolute Gasteiger partial charge is 0.489 e. The lowest BCUT2D eigenvalue weighted by Crippen LogP contribution is -2.41. The molecule has 1 aromatic carbocycles. The Labute approximate surface area is 141 Å². The number of nitrogens with zero attached hydrogens (tertiary/aromatic N) is 2. The molecule has 0 radical (unpaired) electrons. The first-order chi connectivity index (χ1) is 11.4. The Balaban J connectivity index is 1.63. The molecule has 0 unspecified atom stereocenters. The lowest BCUT2D eigenvalue weighted by Gasteiger charge is -2.31. The Morgan fingerprint density at radius 2 is 1.96 bits per heavy atom. The van der Waals surface area contributed by atoms with Gasteiger partial charge in [0.05, 0.1) is 11.1 Å². The molecular formula is C17H19FN2O3S. The Kier molecular flexibility index (Phi) is 4.82. The van der Waals surface area contributed by atoms with E-state index in [0.29, 0.717) is 31.7 Å². The number of sulfonamides is 1. The maximum Gasteiger partial charge on any atom is 0.243 e. The van der Waals surface area contributed by atoms with Gasteiger partial charge in [-0.15, -0.1) is 0 Å². The molecule has 24 heavy (non-hydrogen) atoms. The molecule has 0 N–H and O–H groups in total. The molecule has 1 aromatic heterocycles. The molecule has 1 fully saturated rings. The molecule has 2 aromatic rings. The average Bonchev–Trinajstić information content (AvgIpc) is 2.57. The second kappa shape index (κ2) is 6.86. The minimum absolute atomic E-state index is 0.00963. The van der Waals surface area contributed by atoms with E-state index in [9.17, 15) is 12.8 Å². The van der Waals surface area contributed by atoms with Crippen molar-refractivity contribution in [1.82, 2.24) is 9.29 Å². The predicted molar refractivity (Wildman–Crippen MR) is 87.8 cm³/mol. The maximum atomic E-state index is 13.3. The molecule has 0 aliphatic carbocycles. The fourth-order valence-corrected chi connectivity index (χ4v) is 4.18. The van der Waals surface area contributed by atoms with Crippen LogP contribution in [0.1, 0.15) is 18.5 Å². The molecule has 0 amide bonds. The van der Waals surface area contributed by atoms with Crippen molar-refractivity contribution in [3.8, 4) is 5.75 Å². The normalized spacial score (nSPS) is 16.9. The standard InChI is InChI=1S/C17H19FN2O3S/c1-13-5-6-16(12-19-13)23-15-7-9-20(10-8-15)24(21,22)17-4-2-3-14(18)11-17/h2-6,11-12,15H,7-10H2,1H3. The van der Waals surface area contributed by atoms with Crippen molar-refractivity contribution in [3.05, 3.63) is 54.1 Å². The van der Waals surface area contributed by atoms with Gasteiger partial charge in [0.1, 0.15) is 17.7 Å². The molecule has 1 aliphatic rings. The van der Waals surface area contributed by atoms with E-state index in [1.807, 2.05) is 19.1 Å². The van der Waals surface area contributed by atoms with Gasteiger partial charge < -0.3 is 4.74 Å². The highest BCUT2D eigenvalue weighted by Gasteiger charge is 2.30. The van der Waals surface area contributed by atoms with E-state index in [0.717, 1.165) is 11.8 Å². The summed E-state index contributed by atoms with van der Waals surface area (Å²) in [6.07, 6.45) is 2.80. The zero-order valence-corrected chi connectivity index (χ0v) is 14.2. The van der Waals surface area contributed by atoms with Gasteiger partial charge in [-0.05, 0) is 50.1 Å². The van der Waals surface area contributed by atoms with Gasteiger partial charge in [0.15, 0.2) is 0 Å². The summed E-state index contributed by atoms with van der Waals surface area (Å²) in [6, 6.07) is 8.84.